The van der Waals surface area contributed by atoms with Crippen LogP contribution in [-0.2, 0) is 27.2 Å². The fourth-order valence-electron chi connectivity index (χ4n) is 8.80. The second-order valence-electron chi connectivity index (χ2n) is 13.1. The summed E-state index contributed by atoms with van der Waals surface area (Å²) in [6, 6.07) is 2.36. The van der Waals surface area contributed by atoms with Crippen molar-refractivity contribution in [3.63, 3.8) is 0 Å². The number of likely N-dealkylation sites (tertiary alicyclic amines) is 1. The zero-order chi connectivity index (χ0) is 31.0. The number of phenols is 1. The average molecular weight is 600 g/mol. The molecule has 0 saturated carbocycles. The third-order valence-electron chi connectivity index (χ3n) is 10.5. The number of nitrogens with two attached hydrogens (primary N) is 1. The van der Waals surface area contributed by atoms with Gasteiger partial charge in [-0.15, -0.1) is 0 Å². The second-order valence-corrected chi connectivity index (χ2v) is 13.5. The summed E-state index contributed by atoms with van der Waals surface area (Å²) >= 11 is 7.05. The molecule has 1 aliphatic heterocycles. The van der Waals surface area contributed by atoms with E-state index in [4.69, 9.17) is 26.8 Å². The topological polar surface area (TPSA) is 146 Å². The van der Waals surface area contributed by atoms with Gasteiger partial charge in [0.05, 0.1) is 18.4 Å². The number of phenolic OH excluding ortho intramolecular Hbond substituents is 1. The number of carbonyl (C=O) groups is 2. The molecule has 0 spiro atoms. The second kappa shape index (κ2) is 10.4. The predicted octanol–water partition coefficient (Wildman–Crippen LogP) is 5.07. The summed E-state index contributed by atoms with van der Waals surface area (Å²) in [5.41, 5.74) is 4.11. The zero-order valence-electron chi connectivity index (χ0n) is 25.4. The highest BCUT2D eigenvalue weighted by Crippen LogP contribution is 2.63. The Morgan fingerprint density at radius 2 is 1.86 bits per heavy atom. The number of rotatable bonds is 6. The highest BCUT2D eigenvalue weighted by Gasteiger charge is 2.69. The molecular formula is C32H42ClN3O6. The molecule has 1 heterocycles. The van der Waals surface area contributed by atoms with Crippen molar-refractivity contribution in [2.24, 2.45) is 28.9 Å². The van der Waals surface area contributed by atoms with E-state index in [1.807, 2.05) is 20.8 Å². The Morgan fingerprint density at radius 1 is 1.24 bits per heavy atom. The number of aliphatic hydroxyl groups is 1. The molecule has 42 heavy (non-hydrogen) atoms. The van der Waals surface area contributed by atoms with Crippen LogP contribution < -0.4 is 5.73 Å². The summed E-state index contributed by atoms with van der Waals surface area (Å²) in [6.45, 7) is 10.7. The molecule has 9 nitrogen and oxygen atoms in total. The van der Waals surface area contributed by atoms with Gasteiger partial charge in [0.15, 0.2) is 11.4 Å². The van der Waals surface area contributed by atoms with Gasteiger partial charge in [-0.3, -0.25) is 14.5 Å². The lowest BCUT2D eigenvalue weighted by Gasteiger charge is -2.60. The lowest BCUT2D eigenvalue weighted by molar-refractivity contribution is -0.123. The molecule has 0 bridgehead atoms. The van der Waals surface area contributed by atoms with Gasteiger partial charge in [0, 0.05) is 47.7 Å². The number of aliphatic hydroxyl groups excluding tert-OH is 1. The number of ketones is 1. The van der Waals surface area contributed by atoms with Crippen molar-refractivity contribution in [3.8, 4) is 5.75 Å². The van der Waals surface area contributed by atoms with Crippen LogP contribution >= 0.6 is 11.6 Å². The van der Waals surface area contributed by atoms with Gasteiger partial charge < -0.3 is 30.8 Å². The highest BCUT2D eigenvalue weighted by molar-refractivity contribution is 6.33. The van der Waals surface area contributed by atoms with Gasteiger partial charge in [0.2, 0.25) is 0 Å². The molecule has 5 rings (SSSR count). The number of amides is 1. The lowest BCUT2D eigenvalue weighted by Crippen LogP contribution is -2.67. The molecule has 1 aromatic rings. The van der Waals surface area contributed by atoms with Crippen molar-refractivity contribution in [3.05, 3.63) is 50.4 Å². The molecule has 3 aliphatic carbocycles. The fourth-order valence-corrected chi connectivity index (χ4v) is 9.09. The molecule has 0 aromatic heterocycles. The maximum Gasteiger partial charge on any atom is 0.254 e. The van der Waals surface area contributed by atoms with Gasteiger partial charge in [-0.25, -0.2) is 0 Å². The van der Waals surface area contributed by atoms with Gasteiger partial charge in [-0.2, -0.15) is 0 Å². The van der Waals surface area contributed by atoms with Gasteiger partial charge >= 0.3 is 0 Å². The smallest absolute Gasteiger partial charge is 0.254 e. The summed E-state index contributed by atoms with van der Waals surface area (Å²) in [5, 5.41) is 32.3. The molecule has 1 fully saturated rings. The van der Waals surface area contributed by atoms with Crippen molar-refractivity contribution in [1.82, 2.24) is 4.90 Å². The van der Waals surface area contributed by atoms with Crippen LogP contribution in [-0.4, -0.2) is 64.4 Å². The number of fused-ring (bicyclic) bond motifs is 3. The zero-order valence-corrected chi connectivity index (χ0v) is 26.2. The van der Waals surface area contributed by atoms with Crippen molar-refractivity contribution in [1.29, 1.82) is 5.41 Å². The first-order valence-corrected chi connectivity index (χ1v) is 15.0. The van der Waals surface area contributed by atoms with E-state index in [9.17, 15) is 25.2 Å². The summed E-state index contributed by atoms with van der Waals surface area (Å²) in [6.07, 6.45) is 2.87. The number of methoxy groups -OCH3 is 2. The van der Waals surface area contributed by atoms with E-state index in [1.165, 1.54) is 14.2 Å². The summed E-state index contributed by atoms with van der Waals surface area (Å²) in [5.74, 6) is -2.91. The minimum Gasteiger partial charge on any atom is -0.511 e. The summed E-state index contributed by atoms with van der Waals surface area (Å²) in [7, 11) is 2.82. The van der Waals surface area contributed by atoms with Crippen LogP contribution in [0.1, 0.15) is 75.4 Å². The molecule has 1 saturated heterocycles. The van der Waals surface area contributed by atoms with E-state index in [0.717, 1.165) is 18.4 Å². The Hall–Kier alpha value is -2.88. The maximum atomic E-state index is 14.3. The van der Waals surface area contributed by atoms with Crippen molar-refractivity contribution >= 4 is 29.0 Å². The third kappa shape index (κ3) is 3.92. The number of aromatic hydroxyl groups is 1. The average Bonchev–Trinajstić information content (AvgIpc) is 3.21. The first kappa shape index (κ1) is 30.6. The number of nitrogens with zero attached hydrogens (tertiary/aromatic N) is 1. The van der Waals surface area contributed by atoms with Crippen molar-refractivity contribution in [2.75, 3.05) is 14.2 Å². The van der Waals surface area contributed by atoms with E-state index in [2.05, 4.69) is 18.7 Å². The largest absolute Gasteiger partial charge is 0.511 e. The number of hydrogen-bond donors (Lipinski definition) is 4. The highest BCUT2D eigenvalue weighted by atomic mass is 35.5. The number of carbonyl (C=O) groups excluding carboxylic acids is 2. The molecule has 6 atom stereocenters. The van der Waals surface area contributed by atoms with Crippen LogP contribution in [0.2, 0.25) is 5.02 Å². The van der Waals surface area contributed by atoms with Crippen LogP contribution in [0.4, 0.5) is 0 Å². The monoisotopic (exact) mass is 599 g/mol. The van der Waals surface area contributed by atoms with E-state index >= 15 is 0 Å². The third-order valence-corrected chi connectivity index (χ3v) is 11.0. The van der Waals surface area contributed by atoms with Gasteiger partial charge in [0.1, 0.15) is 22.8 Å². The Labute approximate surface area is 252 Å². The van der Waals surface area contributed by atoms with Crippen LogP contribution in [0.5, 0.6) is 5.75 Å². The molecule has 10 heteroatoms. The minimum atomic E-state index is -1.69. The molecule has 5 N–H and O–H groups in total. The number of benzene rings is 1. The Balaban J connectivity index is 1.72. The van der Waals surface area contributed by atoms with E-state index in [1.54, 1.807) is 6.07 Å². The normalized spacial score (nSPS) is 33.2. The molecular weight excluding hydrogens is 558 g/mol. The first-order chi connectivity index (χ1) is 19.7. The number of nitrogens with one attached hydrogen (secondary N) is 1. The van der Waals surface area contributed by atoms with Crippen LogP contribution in [0.15, 0.2) is 28.7 Å². The summed E-state index contributed by atoms with van der Waals surface area (Å²) < 4.78 is 12.1. The Kier molecular flexibility index (Phi) is 7.56. The van der Waals surface area contributed by atoms with Gasteiger partial charge in [-0.05, 0) is 68.6 Å². The number of ether oxygens (including phenoxy) is 2. The lowest BCUT2D eigenvalue weighted by atomic mass is 9.47. The van der Waals surface area contributed by atoms with Crippen LogP contribution in [0.3, 0.4) is 0 Å². The maximum absolute atomic E-state index is 14.3. The van der Waals surface area contributed by atoms with E-state index in [0.29, 0.717) is 42.1 Å². The SMILES string of the molecule is COC1=C2C(=O)c3c(O)cc(CN4C(C)CCC4C)c(Cl)c3CC2CC2(C)C(C(C)C)C(O)=C(C(N)=O)C(=N)C12OC. The number of Topliss-reactive ketones (excluding diaryl/α,β-unsaturated/α-hetero) is 1. The fraction of sp³-hybridized carbons (Fsp3) is 0.594. The molecule has 0 radical (unpaired) electrons. The molecule has 4 aliphatic rings. The number of primary amides is 1. The van der Waals surface area contributed by atoms with Gasteiger partial charge in [-0.1, -0.05) is 32.4 Å². The van der Waals surface area contributed by atoms with Crippen LogP contribution in [0, 0.1) is 28.6 Å². The quantitative estimate of drug-likeness (QED) is 0.357. The molecule has 6 unspecified atom stereocenters. The van der Waals surface area contributed by atoms with Crippen LogP contribution in [0.25, 0.3) is 0 Å². The van der Waals surface area contributed by atoms with Gasteiger partial charge in [0.25, 0.3) is 5.91 Å². The molecule has 228 valence electrons. The standard InChI is InChI=1S/C32H42ClN3O6/c1-14(2)24-27(39)23(30(35)40)28(34)32(42-7)29(41-6)21-17(12-31(24,32)5)10-19-22(26(21)38)20(37)11-18(25(19)33)13-36-15(3)8-9-16(36)4/h11,14-17,24,34,37,39H,8-10,12-13H2,1-7H3,(H2,35,40). The Bertz CT molecular complexity index is 1440. The van der Waals surface area contributed by atoms with Crippen molar-refractivity contribution in [2.45, 2.75) is 84.5 Å². The molecule has 1 amide bonds. The summed E-state index contributed by atoms with van der Waals surface area (Å²) in [4.78, 5) is 29.3. The molecule has 1 aromatic carbocycles. The minimum absolute atomic E-state index is 0.0978. The first-order valence-electron chi connectivity index (χ1n) is 14.7. The predicted molar refractivity (Wildman–Crippen MR) is 160 cm³/mol. The number of hydrogen-bond acceptors (Lipinski definition) is 8. The van der Waals surface area contributed by atoms with E-state index in [-0.39, 0.29) is 45.6 Å². The van der Waals surface area contributed by atoms with Crippen molar-refractivity contribution < 1.29 is 29.3 Å². The number of halogens is 1. The number of allylic oxidation sites excluding steroid dienone is 2. The Morgan fingerprint density at radius 3 is 2.38 bits per heavy atom. The van der Waals surface area contributed by atoms with E-state index < -0.39 is 34.5 Å².